The second-order valence-electron chi connectivity index (χ2n) is 11.4. The second kappa shape index (κ2) is 10.1. The Labute approximate surface area is 223 Å². The number of piperidine rings is 1. The van der Waals surface area contributed by atoms with Crippen LogP contribution in [0.25, 0.3) is 0 Å². The fraction of sp³-hybridized carbons (Fsp3) is 0.533. The van der Waals surface area contributed by atoms with Crippen molar-refractivity contribution >= 4 is 11.8 Å². The molecule has 2 N–H and O–H groups in total. The van der Waals surface area contributed by atoms with E-state index < -0.39 is 35.6 Å². The van der Waals surface area contributed by atoms with E-state index in [4.69, 9.17) is 9.47 Å². The molecule has 8 nitrogen and oxygen atoms in total. The highest BCUT2D eigenvalue weighted by Crippen LogP contribution is 2.58. The van der Waals surface area contributed by atoms with Crippen molar-refractivity contribution in [3.63, 3.8) is 0 Å². The van der Waals surface area contributed by atoms with Gasteiger partial charge in [0.2, 0.25) is 11.8 Å². The molecule has 0 bridgehead atoms. The summed E-state index contributed by atoms with van der Waals surface area (Å²) in [7, 11) is 1.57. The number of nitrogens with zero attached hydrogens (tertiary/aromatic N) is 2. The van der Waals surface area contributed by atoms with Crippen LogP contribution in [0.2, 0.25) is 0 Å². The number of phenols is 1. The largest absolute Gasteiger partial charge is 0.508 e. The molecule has 4 fully saturated rings. The molecule has 2 aromatic carbocycles. The van der Waals surface area contributed by atoms with Crippen molar-refractivity contribution in [2.45, 2.75) is 50.2 Å². The van der Waals surface area contributed by atoms with Crippen molar-refractivity contribution in [3.8, 4) is 5.75 Å². The minimum absolute atomic E-state index is 0.106. The molecule has 1 saturated carbocycles. The number of rotatable bonds is 6. The summed E-state index contributed by atoms with van der Waals surface area (Å²) in [5.74, 6) is -3.74. The number of carbonyl (C=O) groups is 2. The van der Waals surface area contributed by atoms with Gasteiger partial charge in [0.1, 0.15) is 5.75 Å². The Bertz CT molecular complexity index is 1180. The predicted molar refractivity (Wildman–Crippen MR) is 139 cm³/mol. The van der Waals surface area contributed by atoms with Gasteiger partial charge in [-0.15, -0.1) is 0 Å². The third-order valence-electron chi connectivity index (χ3n) is 9.18. The van der Waals surface area contributed by atoms with Gasteiger partial charge in [-0.05, 0) is 48.9 Å². The number of aromatic hydroxyl groups is 1. The Morgan fingerprint density at radius 1 is 1.03 bits per heavy atom. The van der Waals surface area contributed by atoms with Crippen LogP contribution in [-0.4, -0.2) is 70.5 Å². The molecule has 1 aliphatic carbocycles. The SMILES string of the molecule is COC[C@H]1C[C@@H]2C(=O)N(C3CCN(Cc4ccccc4)CC3)C(=O)[C@@H]2[C@@H]2C[C@@H](c3cccc(O)c3)O[C@]12O. The quantitative estimate of drug-likeness (QED) is 0.565. The number of carbonyl (C=O) groups excluding carboxylic acids is 2. The van der Waals surface area contributed by atoms with Crippen LogP contribution in [0.4, 0.5) is 0 Å². The van der Waals surface area contributed by atoms with Crippen molar-refractivity contribution in [2.75, 3.05) is 26.8 Å². The third-order valence-corrected chi connectivity index (χ3v) is 9.18. The maximum absolute atomic E-state index is 13.9. The first-order chi connectivity index (χ1) is 18.4. The summed E-state index contributed by atoms with van der Waals surface area (Å²) in [5.41, 5.74) is 2.01. The second-order valence-corrected chi connectivity index (χ2v) is 11.4. The fourth-order valence-corrected chi connectivity index (χ4v) is 7.37. The molecule has 6 rings (SSSR count). The van der Waals surface area contributed by atoms with E-state index in [1.54, 1.807) is 25.3 Å². The standard InChI is InChI=1S/C30H36N2O6/c1-37-18-21-15-24-27(25-16-26(38-30(21,25)36)20-8-5-9-23(33)14-20)29(35)32(28(24)34)22-10-12-31(13-11-22)17-19-6-3-2-4-7-19/h2-9,14,21-22,24-27,33,36H,10-13,15-18H2,1H3/t21-,24+,25+,26+,27+,30-/m1/s1. The first-order valence-corrected chi connectivity index (χ1v) is 13.7. The molecule has 0 aromatic heterocycles. The number of ether oxygens (including phenoxy) is 2. The number of amides is 2. The van der Waals surface area contributed by atoms with Crippen LogP contribution in [0.15, 0.2) is 54.6 Å². The zero-order valence-electron chi connectivity index (χ0n) is 21.7. The molecular weight excluding hydrogens is 484 g/mol. The summed E-state index contributed by atoms with van der Waals surface area (Å²) in [4.78, 5) is 31.6. The van der Waals surface area contributed by atoms with Crippen molar-refractivity contribution in [3.05, 3.63) is 65.7 Å². The molecule has 3 heterocycles. The Balaban J connectivity index is 1.21. The average Bonchev–Trinajstić information content (AvgIpc) is 3.40. The van der Waals surface area contributed by atoms with Crippen molar-refractivity contribution < 1.29 is 29.3 Å². The molecule has 3 aliphatic heterocycles. The number of imide groups is 1. The molecule has 8 heteroatoms. The molecule has 2 aromatic rings. The summed E-state index contributed by atoms with van der Waals surface area (Å²) in [5, 5.41) is 21.9. The van der Waals surface area contributed by atoms with Gasteiger partial charge in [-0.25, -0.2) is 0 Å². The number of hydrogen-bond donors (Lipinski definition) is 2. The lowest BCUT2D eigenvalue weighted by molar-refractivity contribution is -0.275. The van der Waals surface area contributed by atoms with Gasteiger partial charge in [0.15, 0.2) is 5.79 Å². The summed E-state index contributed by atoms with van der Waals surface area (Å²) in [6, 6.07) is 17.0. The van der Waals surface area contributed by atoms with Crippen LogP contribution >= 0.6 is 0 Å². The van der Waals surface area contributed by atoms with E-state index in [1.807, 2.05) is 24.3 Å². The van der Waals surface area contributed by atoms with Gasteiger partial charge in [0.25, 0.3) is 0 Å². The van der Waals surface area contributed by atoms with E-state index in [-0.39, 0.29) is 30.2 Å². The van der Waals surface area contributed by atoms with Gasteiger partial charge in [-0.1, -0.05) is 42.5 Å². The number of fused-ring (bicyclic) bond motifs is 3. The van der Waals surface area contributed by atoms with E-state index in [0.717, 1.165) is 38.0 Å². The van der Waals surface area contributed by atoms with Crippen LogP contribution in [0.1, 0.15) is 42.9 Å². The Kier molecular flexibility index (Phi) is 6.76. The molecule has 3 saturated heterocycles. The Hall–Kier alpha value is -2.78. The maximum atomic E-state index is 13.9. The Morgan fingerprint density at radius 2 is 1.79 bits per heavy atom. The molecule has 38 heavy (non-hydrogen) atoms. The molecule has 0 unspecified atom stereocenters. The minimum Gasteiger partial charge on any atom is -0.508 e. The van der Waals surface area contributed by atoms with Crippen LogP contribution < -0.4 is 0 Å². The zero-order chi connectivity index (χ0) is 26.4. The van der Waals surface area contributed by atoms with Crippen molar-refractivity contribution in [1.29, 1.82) is 0 Å². The van der Waals surface area contributed by atoms with Crippen LogP contribution in [0.3, 0.4) is 0 Å². The highest BCUT2D eigenvalue weighted by molar-refractivity contribution is 6.05. The monoisotopic (exact) mass is 520 g/mol. The van der Waals surface area contributed by atoms with Crippen LogP contribution in [0.5, 0.6) is 5.75 Å². The van der Waals surface area contributed by atoms with Gasteiger partial charge in [-0.2, -0.15) is 0 Å². The van der Waals surface area contributed by atoms with Gasteiger partial charge in [0, 0.05) is 44.6 Å². The number of phenolic OH excluding ortho intramolecular Hbond substituents is 1. The van der Waals surface area contributed by atoms with Gasteiger partial charge < -0.3 is 19.7 Å². The summed E-state index contributed by atoms with van der Waals surface area (Å²) < 4.78 is 11.7. The Morgan fingerprint density at radius 3 is 2.50 bits per heavy atom. The lowest BCUT2D eigenvalue weighted by Gasteiger charge is -2.44. The molecule has 4 aliphatic rings. The summed E-state index contributed by atoms with van der Waals surface area (Å²) in [6.45, 7) is 2.76. The van der Waals surface area contributed by atoms with Gasteiger partial charge >= 0.3 is 0 Å². The van der Waals surface area contributed by atoms with Crippen molar-refractivity contribution in [1.82, 2.24) is 9.80 Å². The van der Waals surface area contributed by atoms with Gasteiger partial charge in [0.05, 0.1) is 24.5 Å². The molecule has 2 amide bonds. The summed E-state index contributed by atoms with van der Waals surface area (Å²) >= 11 is 0. The van der Waals surface area contributed by atoms with E-state index in [2.05, 4.69) is 17.0 Å². The number of hydrogen-bond acceptors (Lipinski definition) is 7. The average molecular weight is 521 g/mol. The highest BCUT2D eigenvalue weighted by Gasteiger charge is 2.67. The van der Waals surface area contributed by atoms with Crippen LogP contribution in [-0.2, 0) is 25.6 Å². The van der Waals surface area contributed by atoms with E-state index >= 15 is 0 Å². The molecule has 0 spiro atoms. The lowest BCUT2D eigenvalue weighted by Crippen LogP contribution is -2.54. The normalized spacial score (nSPS) is 33.9. The fourth-order valence-electron chi connectivity index (χ4n) is 7.37. The smallest absolute Gasteiger partial charge is 0.233 e. The minimum atomic E-state index is -1.57. The van der Waals surface area contributed by atoms with Gasteiger partial charge in [-0.3, -0.25) is 19.4 Å². The molecule has 6 atom stereocenters. The van der Waals surface area contributed by atoms with E-state index in [1.165, 1.54) is 10.5 Å². The molecular formula is C30H36N2O6. The number of methoxy groups -OCH3 is 1. The lowest BCUT2D eigenvalue weighted by atomic mass is 9.64. The topological polar surface area (TPSA) is 99.5 Å². The number of benzene rings is 2. The highest BCUT2D eigenvalue weighted by atomic mass is 16.6. The zero-order valence-corrected chi connectivity index (χ0v) is 21.7. The first kappa shape index (κ1) is 25.5. The summed E-state index contributed by atoms with van der Waals surface area (Å²) in [6.07, 6.45) is 1.79. The maximum Gasteiger partial charge on any atom is 0.233 e. The molecule has 0 radical (unpaired) electrons. The van der Waals surface area contributed by atoms with E-state index in [9.17, 15) is 19.8 Å². The molecule has 202 valence electrons. The van der Waals surface area contributed by atoms with Crippen molar-refractivity contribution in [2.24, 2.45) is 23.7 Å². The predicted octanol–water partition coefficient (Wildman–Crippen LogP) is 3.09. The van der Waals surface area contributed by atoms with Crippen LogP contribution in [0, 0.1) is 23.7 Å². The first-order valence-electron chi connectivity index (χ1n) is 13.7. The van der Waals surface area contributed by atoms with E-state index in [0.29, 0.717) is 12.8 Å². The third kappa shape index (κ3) is 4.33. The number of aliphatic hydroxyl groups is 1. The number of likely N-dealkylation sites (tertiary alicyclic amines) is 2.